The van der Waals surface area contributed by atoms with Crippen molar-refractivity contribution in [3.05, 3.63) is 12.4 Å². The summed E-state index contributed by atoms with van der Waals surface area (Å²) < 4.78 is 23.2. The van der Waals surface area contributed by atoms with Gasteiger partial charge in [0.1, 0.15) is 18.0 Å². The topological polar surface area (TPSA) is 66.4 Å². The molecule has 1 aromatic heterocycles. The normalized spacial score (nSPS) is 20.9. The number of sulfone groups is 1. The molecule has 1 fully saturated rings. The Balaban J connectivity index is 2.18. The molecule has 6 nitrogen and oxygen atoms in total. The minimum absolute atomic E-state index is 0.0134. The molecule has 1 aliphatic rings. The van der Waals surface area contributed by atoms with Gasteiger partial charge in [0.2, 0.25) is 0 Å². The van der Waals surface area contributed by atoms with E-state index in [1.54, 1.807) is 6.33 Å². The molecule has 0 radical (unpaired) electrons. The Labute approximate surface area is 120 Å². The number of rotatable bonds is 5. The third-order valence-corrected chi connectivity index (χ3v) is 5.59. The molecule has 2 rings (SSSR count). The van der Waals surface area contributed by atoms with E-state index in [0.717, 1.165) is 24.7 Å². The Kier molecular flexibility index (Phi) is 4.47. The van der Waals surface area contributed by atoms with Gasteiger partial charge < -0.3 is 9.80 Å². The van der Waals surface area contributed by atoms with Gasteiger partial charge in [0.05, 0.1) is 11.5 Å². The SMILES string of the molecule is CCN(CC)c1cc(N(C)C2CCS(=O)(=O)C2)ncn1. The fraction of sp³-hybridized carbons (Fsp3) is 0.692. The van der Waals surface area contributed by atoms with Crippen LogP contribution in [-0.4, -0.2) is 56.1 Å². The van der Waals surface area contributed by atoms with E-state index in [1.165, 1.54) is 0 Å². The molecular formula is C13H22N4O2S. The lowest BCUT2D eigenvalue weighted by Gasteiger charge is -2.26. The van der Waals surface area contributed by atoms with E-state index in [1.807, 2.05) is 18.0 Å². The van der Waals surface area contributed by atoms with Gasteiger partial charge in [-0.15, -0.1) is 0 Å². The molecule has 20 heavy (non-hydrogen) atoms. The predicted molar refractivity (Wildman–Crippen MR) is 81.1 cm³/mol. The molecule has 0 bridgehead atoms. The van der Waals surface area contributed by atoms with Gasteiger partial charge in [0.15, 0.2) is 9.84 Å². The minimum atomic E-state index is -2.88. The average Bonchev–Trinajstić information content (AvgIpc) is 2.80. The lowest BCUT2D eigenvalue weighted by Crippen LogP contribution is -2.33. The van der Waals surface area contributed by atoms with Crippen LogP contribution in [0.15, 0.2) is 12.4 Å². The Morgan fingerprint density at radius 3 is 2.45 bits per heavy atom. The highest BCUT2D eigenvalue weighted by atomic mass is 32.2. The zero-order valence-corrected chi connectivity index (χ0v) is 13.1. The summed E-state index contributed by atoms with van der Waals surface area (Å²) in [7, 11) is -0.977. The summed E-state index contributed by atoms with van der Waals surface area (Å²) in [6, 6.07) is 1.94. The molecule has 1 atom stereocenters. The van der Waals surface area contributed by atoms with E-state index < -0.39 is 9.84 Å². The second kappa shape index (κ2) is 5.95. The van der Waals surface area contributed by atoms with Crippen LogP contribution in [0, 0.1) is 0 Å². The van der Waals surface area contributed by atoms with Crippen LogP contribution in [-0.2, 0) is 9.84 Å². The number of nitrogens with zero attached hydrogens (tertiary/aromatic N) is 4. The standard InChI is InChI=1S/C13H22N4O2S/c1-4-17(5-2)13-8-12(14-10-15-13)16(3)11-6-7-20(18,19)9-11/h8,10-11H,4-7,9H2,1-3H3. The van der Waals surface area contributed by atoms with Crippen LogP contribution in [0.25, 0.3) is 0 Å². The first-order valence-electron chi connectivity index (χ1n) is 6.97. The van der Waals surface area contributed by atoms with Gasteiger partial charge in [-0.25, -0.2) is 18.4 Å². The molecule has 0 saturated carbocycles. The van der Waals surface area contributed by atoms with Crippen LogP contribution in [0.2, 0.25) is 0 Å². The van der Waals surface area contributed by atoms with Gasteiger partial charge in [-0.2, -0.15) is 0 Å². The second-order valence-corrected chi connectivity index (χ2v) is 7.30. The molecule has 1 unspecified atom stereocenters. The molecule has 1 aromatic rings. The van der Waals surface area contributed by atoms with Crippen LogP contribution in [0.5, 0.6) is 0 Å². The molecule has 1 aliphatic heterocycles. The second-order valence-electron chi connectivity index (χ2n) is 5.07. The summed E-state index contributed by atoms with van der Waals surface area (Å²) in [5.74, 6) is 2.15. The fourth-order valence-corrected chi connectivity index (χ4v) is 4.29. The zero-order chi connectivity index (χ0) is 14.8. The van der Waals surface area contributed by atoms with Crippen molar-refractivity contribution in [2.75, 3.05) is 41.4 Å². The first-order chi connectivity index (χ1) is 9.46. The van der Waals surface area contributed by atoms with Crippen molar-refractivity contribution >= 4 is 21.5 Å². The minimum Gasteiger partial charge on any atom is -0.357 e. The highest BCUT2D eigenvalue weighted by Gasteiger charge is 2.31. The van der Waals surface area contributed by atoms with E-state index >= 15 is 0 Å². The van der Waals surface area contributed by atoms with Crippen molar-refractivity contribution in [2.45, 2.75) is 26.3 Å². The average molecular weight is 298 g/mol. The van der Waals surface area contributed by atoms with Gasteiger partial charge in [0.25, 0.3) is 0 Å². The maximum atomic E-state index is 11.6. The molecule has 2 heterocycles. The summed E-state index contributed by atoms with van der Waals surface area (Å²) in [6.07, 6.45) is 2.21. The summed E-state index contributed by atoms with van der Waals surface area (Å²) in [5.41, 5.74) is 0. The predicted octanol–water partition coefficient (Wildman–Crippen LogP) is 0.946. The van der Waals surface area contributed by atoms with E-state index in [9.17, 15) is 8.42 Å². The monoisotopic (exact) mass is 298 g/mol. The number of hydrogen-bond acceptors (Lipinski definition) is 6. The van der Waals surface area contributed by atoms with Crippen LogP contribution in [0.4, 0.5) is 11.6 Å². The van der Waals surface area contributed by atoms with Gasteiger partial charge in [-0.3, -0.25) is 0 Å². The van der Waals surface area contributed by atoms with Crippen molar-refractivity contribution in [2.24, 2.45) is 0 Å². The zero-order valence-electron chi connectivity index (χ0n) is 12.3. The Bertz CT molecular complexity index is 557. The molecule has 1 saturated heterocycles. The van der Waals surface area contributed by atoms with E-state index in [4.69, 9.17) is 0 Å². The van der Waals surface area contributed by atoms with E-state index in [2.05, 4.69) is 28.7 Å². The van der Waals surface area contributed by atoms with Crippen molar-refractivity contribution < 1.29 is 8.42 Å². The third kappa shape index (κ3) is 3.20. The first-order valence-corrected chi connectivity index (χ1v) is 8.79. The van der Waals surface area contributed by atoms with Crippen LogP contribution < -0.4 is 9.80 Å². The molecular weight excluding hydrogens is 276 g/mol. The summed E-state index contributed by atoms with van der Waals surface area (Å²) in [4.78, 5) is 12.7. The van der Waals surface area contributed by atoms with Crippen LogP contribution in [0.3, 0.4) is 0 Å². The number of anilines is 2. The Hall–Kier alpha value is -1.37. The Morgan fingerprint density at radius 2 is 1.90 bits per heavy atom. The molecule has 0 N–H and O–H groups in total. The third-order valence-electron chi connectivity index (χ3n) is 3.84. The molecule has 0 spiro atoms. The van der Waals surface area contributed by atoms with Gasteiger partial charge >= 0.3 is 0 Å². The largest absolute Gasteiger partial charge is 0.357 e. The summed E-state index contributed by atoms with van der Waals surface area (Å²) >= 11 is 0. The van der Waals surface area contributed by atoms with Crippen molar-refractivity contribution in [1.29, 1.82) is 0 Å². The lowest BCUT2D eigenvalue weighted by atomic mass is 10.2. The first kappa shape index (κ1) is 15.0. The maximum Gasteiger partial charge on any atom is 0.152 e. The Morgan fingerprint density at radius 1 is 1.25 bits per heavy atom. The smallest absolute Gasteiger partial charge is 0.152 e. The van der Waals surface area contributed by atoms with Crippen LogP contribution >= 0.6 is 0 Å². The van der Waals surface area contributed by atoms with Crippen LogP contribution in [0.1, 0.15) is 20.3 Å². The maximum absolute atomic E-state index is 11.6. The van der Waals surface area contributed by atoms with E-state index in [0.29, 0.717) is 6.42 Å². The quantitative estimate of drug-likeness (QED) is 0.806. The highest BCUT2D eigenvalue weighted by Crippen LogP contribution is 2.23. The van der Waals surface area contributed by atoms with Gasteiger partial charge in [-0.1, -0.05) is 0 Å². The fourth-order valence-electron chi connectivity index (χ4n) is 2.52. The summed E-state index contributed by atoms with van der Waals surface area (Å²) in [5, 5.41) is 0. The van der Waals surface area contributed by atoms with Crippen molar-refractivity contribution in [1.82, 2.24) is 9.97 Å². The van der Waals surface area contributed by atoms with Crippen molar-refractivity contribution in [3.63, 3.8) is 0 Å². The molecule has 112 valence electrons. The molecule has 7 heteroatoms. The van der Waals surface area contributed by atoms with Gasteiger partial charge in [0, 0.05) is 32.2 Å². The van der Waals surface area contributed by atoms with E-state index in [-0.39, 0.29) is 17.5 Å². The summed E-state index contributed by atoms with van der Waals surface area (Å²) in [6.45, 7) is 5.93. The molecule has 0 aromatic carbocycles. The highest BCUT2D eigenvalue weighted by molar-refractivity contribution is 7.91. The lowest BCUT2D eigenvalue weighted by molar-refractivity contribution is 0.600. The molecule has 0 amide bonds. The molecule has 0 aliphatic carbocycles. The van der Waals surface area contributed by atoms with Crippen molar-refractivity contribution in [3.8, 4) is 0 Å². The van der Waals surface area contributed by atoms with Gasteiger partial charge in [-0.05, 0) is 20.3 Å². The number of aromatic nitrogens is 2. The number of hydrogen-bond donors (Lipinski definition) is 0.